The van der Waals surface area contributed by atoms with Gasteiger partial charge in [0.15, 0.2) is 0 Å². The molecular formula is C9H17N3O. The zero-order valence-corrected chi connectivity index (χ0v) is 8.66. The number of amidine groups is 1. The summed E-state index contributed by atoms with van der Waals surface area (Å²) in [6, 6.07) is 0. The average molecular weight is 183 g/mol. The monoisotopic (exact) mass is 183 g/mol. The quantitative estimate of drug-likeness (QED) is 0.515. The number of rotatable bonds is 3. The second kappa shape index (κ2) is 6.22. The van der Waals surface area contributed by atoms with Crippen LogP contribution in [0.2, 0.25) is 0 Å². The van der Waals surface area contributed by atoms with Gasteiger partial charge in [-0.15, -0.1) is 0 Å². The van der Waals surface area contributed by atoms with Crippen molar-refractivity contribution in [3.05, 3.63) is 12.3 Å². The van der Waals surface area contributed by atoms with Gasteiger partial charge in [-0.05, 0) is 6.92 Å². The summed E-state index contributed by atoms with van der Waals surface area (Å²) in [6.07, 6.45) is 3.75. The highest BCUT2D eigenvalue weighted by molar-refractivity contribution is 5.80. The maximum absolute atomic E-state index is 10.8. The molecule has 0 atom stereocenters. The predicted molar refractivity (Wildman–Crippen MR) is 54.6 cm³/mol. The van der Waals surface area contributed by atoms with E-state index in [-0.39, 0.29) is 5.91 Å². The van der Waals surface area contributed by atoms with E-state index < -0.39 is 0 Å². The Bertz CT molecular complexity index is 219. The first-order chi connectivity index (χ1) is 6.07. The lowest BCUT2D eigenvalue weighted by Gasteiger charge is -2.08. The molecule has 0 saturated carbocycles. The summed E-state index contributed by atoms with van der Waals surface area (Å²) >= 11 is 0. The van der Waals surface area contributed by atoms with E-state index >= 15 is 0 Å². The van der Waals surface area contributed by atoms with E-state index in [1.165, 1.54) is 0 Å². The lowest BCUT2D eigenvalue weighted by Crippen LogP contribution is -2.17. The van der Waals surface area contributed by atoms with Crippen LogP contribution in [0.15, 0.2) is 17.3 Å². The maximum Gasteiger partial charge on any atom is 0.223 e. The van der Waals surface area contributed by atoms with Crippen molar-refractivity contribution in [2.45, 2.75) is 13.3 Å². The van der Waals surface area contributed by atoms with Gasteiger partial charge in [0.2, 0.25) is 5.91 Å². The van der Waals surface area contributed by atoms with Crippen LogP contribution in [0.25, 0.3) is 0 Å². The predicted octanol–water partition coefficient (Wildman–Crippen LogP) is 0.616. The van der Waals surface area contributed by atoms with E-state index in [9.17, 15) is 4.79 Å². The Kier molecular flexibility index (Phi) is 5.59. The van der Waals surface area contributed by atoms with Crippen molar-refractivity contribution in [2.24, 2.45) is 4.99 Å². The van der Waals surface area contributed by atoms with Gasteiger partial charge < -0.3 is 10.2 Å². The number of hydrogen-bond acceptors (Lipinski definition) is 2. The normalized spacial score (nSPS) is 11.8. The molecule has 0 spiro atoms. The number of hydrogen-bond donors (Lipinski definition) is 1. The Morgan fingerprint density at radius 2 is 2.15 bits per heavy atom. The molecule has 0 rings (SSSR count). The van der Waals surface area contributed by atoms with Gasteiger partial charge in [-0.25, -0.2) is 4.99 Å². The van der Waals surface area contributed by atoms with Gasteiger partial charge in [-0.3, -0.25) is 4.79 Å². The maximum atomic E-state index is 10.8. The molecule has 4 nitrogen and oxygen atoms in total. The summed E-state index contributed by atoms with van der Waals surface area (Å²) in [5.74, 6) is 0.905. The molecule has 0 radical (unpaired) electrons. The topological polar surface area (TPSA) is 44.7 Å². The minimum Gasteiger partial charge on any atom is -0.366 e. The fourth-order valence-corrected chi connectivity index (χ4v) is 0.538. The Morgan fingerprint density at radius 3 is 2.62 bits per heavy atom. The molecule has 0 bridgehead atoms. The summed E-state index contributed by atoms with van der Waals surface area (Å²) in [5, 5.41) is 2.53. The lowest BCUT2D eigenvalue weighted by atomic mass is 10.4. The molecule has 0 unspecified atom stereocenters. The third-order valence-electron chi connectivity index (χ3n) is 1.60. The number of amides is 1. The van der Waals surface area contributed by atoms with Crippen LogP contribution in [0.3, 0.4) is 0 Å². The van der Waals surface area contributed by atoms with Crippen molar-refractivity contribution in [1.29, 1.82) is 0 Å². The van der Waals surface area contributed by atoms with Crippen LogP contribution in [0.5, 0.6) is 0 Å². The van der Waals surface area contributed by atoms with Gasteiger partial charge in [0.25, 0.3) is 0 Å². The summed E-state index contributed by atoms with van der Waals surface area (Å²) in [6.45, 7) is 1.91. The van der Waals surface area contributed by atoms with E-state index in [1.54, 1.807) is 19.3 Å². The molecule has 0 fully saturated rings. The first kappa shape index (κ1) is 11.7. The van der Waals surface area contributed by atoms with E-state index in [0.717, 1.165) is 5.84 Å². The minimum atomic E-state index is -0.00560. The standard InChI is InChI=1S/C9H17N3O/c1-8(12(3)4)11-7-5-6-9(13)10-2/h5,7H,6H2,1-4H3,(H,10,13)/b7-5-,11-8+. The number of carbonyl (C=O) groups is 1. The SMILES string of the molecule is CNC(=O)C/C=C\N=C(/C)N(C)C. The highest BCUT2D eigenvalue weighted by atomic mass is 16.1. The summed E-state index contributed by atoms with van der Waals surface area (Å²) in [7, 11) is 5.46. The Hall–Kier alpha value is -1.32. The number of nitrogens with zero attached hydrogens (tertiary/aromatic N) is 2. The van der Waals surface area contributed by atoms with Crippen LogP contribution in [0.4, 0.5) is 0 Å². The second-order valence-corrected chi connectivity index (χ2v) is 2.83. The van der Waals surface area contributed by atoms with Crippen molar-refractivity contribution in [3.8, 4) is 0 Å². The number of aliphatic imine (C=N–C) groups is 1. The van der Waals surface area contributed by atoms with E-state index in [0.29, 0.717) is 6.42 Å². The lowest BCUT2D eigenvalue weighted by molar-refractivity contribution is -0.119. The fraction of sp³-hybridized carbons (Fsp3) is 0.556. The van der Waals surface area contributed by atoms with Gasteiger partial charge in [0, 0.05) is 33.8 Å². The van der Waals surface area contributed by atoms with Gasteiger partial charge in [0.1, 0.15) is 5.84 Å². The van der Waals surface area contributed by atoms with Gasteiger partial charge in [-0.1, -0.05) is 6.08 Å². The molecule has 0 aliphatic rings. The highest BCUT2D eigenvalue weighted by Crippen LogP contribution is 1.87. The average Bonchev–Trinajstić information content (AvgIpc) is 2.11. The third-order valence-corrected chi connectivity index (χ3v) is 1.60. The highest BCUT2D eigenvalue weighted by Gasteiger charge is 1.91. The van der Waals surface area contributed by atoms with E-state index in [2.05, 4.69) is 10.3 Å². The Balaban J connectivity index is 3.87. The molecule has 1 N–H and O–H groups in total. The van der Waals surface area contributed by atoms with Crippen molar-refractivity contribution >= 4 is 11.7 Å². The first-order valence-electron chi connectivity index (χ1n) is 4.15. The molecule has 0 heterocycles. The fourth-order valence-electron chi connectivity index (χ4n) is 0.538. The summed E-state index contributed by atoms with van der Waals surface area (Å²) in [4.78, 5) is 16.8. The summed E-state index contributed by atoms with van der Waals surface area (Å²) < 4.78 is 0. The molecule has 74 valence electrons. The molecule has 0 aliphatic heterocycles. The molecule has 0 aromatic rings. The molecule has 13 heavy (non-hydrogen) atoms. The molecule has 0 aromatic carbocycles. The summed E-state index contributed by atoms with van der Waals surface area (Å²) in [5.41, 5.74) is 0. The largest absolute Gasteiger partial charge is 0.366 e. The molecule has 0 saturated heterocycles. The van der Waals surface area contributed by atoms with Gasteiger partial charge in [-0.2, -0.15) is 0 Å². The van der Waals surface area contributed by atoms with Crippen LogP contribution < -0.4 is 5.32 Å². The van der Waals surface area contributed by atoms with Crippen molar-refractivity contribution < 1.29 is 4.79 Å². The second-order valence-electron chi connectivity index (χ2n) is 2.83. The zero-order chi connectivity index (χ0) is 10.3. The van der Waals surface area contributed by atoms with Crippen molar-refractivity contribution in [2.75, 3.05) is 21.1 Å². The van der Waals surface area contributed by atoms with E-state index in [1.807, 2.05) is 25.9 Å². The van der Waals surface area contributed by atoms with E-state index in [4.69, 9.17) is 0 Å². The van der Waals surface area contributed by atoms with Crippen molar-refractivity contribution in [1.82, 2.24) is 10.2 Å². The molecule has 4 heteroatoms. The molecule has 0 aliphatic carbocycles. The zero-order valence-electron chi connectivity index (χ0n) is 8.66. The van der Waals surface area contributed by atoms with Crippen LogP contribution in [0.1, 0.15) is 13.3 Å². The first-order valence-corrected chi connectivity index (χ1v) is 4.15. The Labute approximate surface area is 79.3 Å². The number of nitrogens with one attached hydrogen (secondary N) is 1. The smallest absolute Gasteiger partial charge is 0.223 e. The van der Waals surface area contributed by atoms with Crippen LogP contribution in [-0.2, 0) is 4.79 Å². The van der Waals surface area contributed by atoms with Crippen LogP contribution >= 0.6 is 0 Å². The van der Waals surface area contributed by atoms with Gasteiger partial charge in [0.05, 0.1) is 0 Å². The van der Waals surface area contributed by atoms with Crippen molar-refractivity contribution in [3.63, 3.8) is 0 Å². The van der Waals surface area contributed by atoms with Gasteiger partial charge >= 0.3 is 0 Å². The minimum absolute atomic E-state index is 0.00560. The third kappa shape index (κ3) is 5.90. The van der Waals surface area contributed by atoms with Crippen LogP contribution in [0, 0.1) is 0 Å². The molecule has 1 amide bonds. The van der Waals surface area contributed by atoms with Crippen LogP contribution in [-0.4, -0.2) is 37.8 Å². The molecule has 0 aromatic heterocycles. The Morgan fingerprint density at radius 1 is 1.54 bits per heavy atom. The molecular weight excluding hydrogens is 166 g/mol. The number of carbonyl (C=O) groups excluding carboxylic acids is 1.